The Kier molecular flexibility index (Phi) is 6.30. The zero-order valence-corrected chi connectivity index (χ0v) is 18.9. The Morgan fingerprint density at radius 1 is 1.09 bits per heavy atom. The Morgan fingerprint density at radius 2 is 1.78 bits per heavy atom. The first kappa shape index (κ1) is 22.4. The summed E-state index contributed by atoms with van der Waals surface area (Å²) in [7, 11) is -3.60. The van der Waals surface area contributed by atoms with E-state index in [0.29, 0.717) is 29.0 Å². The minimum absolute atomic E-state index is 0.0474. The van der Waals surface area contributed by atoms with Gasteiger partial charge in [-0.05, 0) is 74.8 Å². The molecule has 0 atom stereocenters. The summed E-state index contributed by atoms with van der Waals surface area (Å²) in [6, 6.07) is 10.0. The zero-order valence-electron chi connectivity index (χ0n) is 18.0. The highest BCUT2D eigenvalue weighted by molar-refractivity contribution is 7.89. The molecule has 32 heavy (non-hydrogen) atoms. The summed E-state index contributed by atoms with van der Waals surface area (Å²) in [4.78, 5) is 23.7. The van der Waals surface area contributed by atoms with Gasteiger partial charge in [0.1, 0.15) is 0 Å². The van der Waals surface area contributed by atoms with Gasteiger partial charge in [0.25, 0.3) is 5.69 Å². The molecule has 1 aliphatic carbocycles. The third kappa shape index (κ3) is 4.40. The second kappa shape index (κ2) is 8.99. The third-order valence-corrected chi connectivity index (χ3v) is 8.44. The lowest BCUT2D eigenvalue weighted by Crippen LogP contribution is -2.41. The predicted octanol–water partition coefficient (Wildman–Crippen LogP) is 3.82. The van der Waals surface area contributed by atoms with Gasteiger partial charge in [0, 0.05) is 25.1 Å². The van der Waals surface area contributed by atoms with Crippen LogP contribution >= 0.6 is 0 Å². The lowest BCUT2D eigenvalue weighted by atomic mass is 9.92. The van der Waals surface area contributed by atoms with E-state index < -0.39 is 14.9 Å². The monoisotopic (exact) mass is 457 g/mol. The van der Waals surface area contributed by atoms with Gasteiger partial charge < -0.3 is 5.32 Å². The van der Waals surface area contributed by atoms with Crippen molar-refractivity contribution in [3.63, 3.8) is 0 Å². The first-order chi connectivity index (χ1) is 15.3. The van der Waals surface area contributed by atoms with E-state index in [1.54, 1.807) is 19.1 Å². The fourth-order valence-electron chi connectivity index (χ4n) is 4.57. The van der Waals surface area contributed by atoms with Crippen LogP contribution in [0.25, 0.3) is 0 Å². The van der Waals surface area contributed by atoms with Gasteiger partial charge in [-0.1, -0.05) is 12.1 Å². The van der Waals surface area contributed by atoms with Gasteiger partial charge in [-0.3, -0.25) is 14.9 Å². The highest BCUT2D eigenvalue weighted by atomic mass is 32.2. The molecule has 0 saturated carbocycles. The molecule has 4 rings (SSSR count). The second-order valence-electron chi connectivity index (χ2n) is 8.51. The second-order valence-corrected chi connectivity index (χ2v) is 10.4. The van der Waals surface area contributed by atoms with Gasteiger partial charge >= 0.3 is 0 Å². The van der Waals surface area contributed by atoms with Crippen molar-refractivity contribution in [2.24, 2.45) is 5.92 Å². The number of nitrogens with one attached hydrogen (secondary N) is 1. The molecular formula is C23H27N3O5S. The summed E-state index contributed by atoms with van der Waals surface area (Å²) in [5, 5.41) is 13.9. The minimum Gasteiger partial charge on any atom is -0.325 e. The fraction of sp³-hybridized carbons (Fsp3) is 0.435. The zero-order chi connectivity index (χ0) is 22.9. The number of hydrogen-bond donors (Lipinski definition) is 1. The SMILES string of the molecule is Cc1c(NC(=O)C2CCN(S(=O)(=O)c3ccc4c(c3)CCCC4)CC2)cccc1[N+](=O)[O-]. The molecule has 1 aliphatic heterocycles. The van der Waals surface area contributed by atoms with Crippen molar-refractivity contribution in [3.8, 4) is 0 Å². The molecule has 2 aromatic carbocycles. The van der Waals surface area contributed by atoms with Crippen LogP contribution in [0.5, 0.6) is 0 Å². The van der Waals surface area contributed by atoms with E-state index in [9.17, 15) is 23.3 Å². The molecule has 0 radical (unpaired) electrons. The summed E-state index contributed by atoms with van der Waals surface area (Å²) < 4.78 is 27.8. The van der Waals surface area contributed by atoms with E-state index >= 15 is 0 Å². The van der Waals surface area contributed by atoms with Crippen molar-refractivity contribution in [1.29, 1.82) is 0 Å². The number of anilines is 1. The number of amides is 1. The molecular weight excluding hydrogens is 430 g/mol. The van der Waals surface area contributed by atoms with Crippen molar-refractivity contribution >= 4 is 27.3 Å². The molecule has 8 nitrogen and oxygen atoms in total. The lowest BCUT2D eigenvalue weighted by Gasteiger charge is -2.31. The summed E-state index contributed by atoms with van der Waals surface area (Å²) in [6.45, 7) is 2.14. The quantitative estimate of drug-likeness (QED) is 0.542. The minimum atomic E-state index is -3.60. The summed E-state index contributed by atoms with van der Waals surface area (Å²) in [6.07, 6.45) is 4.96. The smallest absolute Gasteiger partial charge is 0.274 e. The van der Waals surface area contributed by atoms with Crippen LogP contribution in [0.3, 0.4) is 0 Å². The molecule has 1 fully saturated rings. The molecule has 1 amide bonds. The average molecular weight is 458 g/mol. The highest BCUT2D eigenvalue weighted by Gasteiger charge is 2.33. The molecule has 2 aliphatic rings. The summed E-state index contributed by atoms with van der Waals surface area (Å²) in [5.41, 5.74) is 3.13. The number of nitro benzene ring substituents is 1. The number of carbonyl (C=O) groups is 1. The van der Waals surface area contributed by atoms with Crippen LogP contribution in [0.4, 0.5) is 11.4 Å². The van der Waals surface area contributed by atoms with Crippen molar-refractivity contribution in [2.75, 3.05) is 18.4 Å². The molecule has 170 valence electrons. The summed E-state index contributed by atoms with van der Waals surface area (Å²) in [5.74, 6) is -0.580. The van der Waals surface area contributed by atoms with Gasteiger partial charge in [-0.25, -0.2) is 8.42 Å². The first-order valence-electron chi connectivity index (χ1n) is 10.9. The van der Waals surface area contributed by atoms with Gasteiger partial charge in [0.05, 0.1) is 21.1 Å². The van der Waals surface area contributed by atoms with Crippen LogP contribution in [-0.4, -0.2) is 36.6 Å². The molecule has 0 aromatic heterocycles. The van der Waals surface area contributed by atoms with Crippen LogP contribution in [0, 0.1) is 23.0 Å². The van der Waals surface area contributed by atoms with Crippen LogP contribution < -0.4 is 5.32 Å². The molecule has 1 heterocycles. The van der Waals surface area contributed by atoms with Gasteiger partial charge in [-0.2, -0.15) is 4.31 Å². The molecule has 2 aromatic rings. The number of hydrogen-bond acceptors (Lipinski definition) is 5. The highest BCUT2D eigenvalue weighted by Crippen LogP contribution is 2.30. The van der Waals surface area contributed by atoms with Crippen molar-refractivity contribution in [3.05, 3.63) is 63.2 Å². The van der Waals surface area contributed by atoms with Gasteiger partial charge in [0.2, 0.25) is 15.9 Å². The Labute approximate surface area is 187 Å². The fourth-order valence-corrected chi connectivity index (χ4v) is 6.09. The van der Waals surface area contributed by atoms with Gasteiger partial charge in [0.15, 0.2) is 0 Å². The Balaban J connectivity index is 1.41. The number of rotatable bonds is 5. The largest absolute Gasteiger partial charge is 0.325 e. The van der Waals surface area contributed by atoms with E-state index in [1.807, 2.05) is 12.1 Å². The number of benzene rings is 2. The van der Waals surface area contributed by atoms with Crippen LogP contribution in [0.15, 0.2) is 41.3 Å². The molecule has 0 spiro atoms. The Hall–Kier alpha value is -2.78. The lowest BCUT2D eigenvalue weighted by molar-refractivity contribution is -0.385. The van der Waals surface area contributed by atoms with E-state index in [0.717, 1.165) is 31.2 Å². The normalized spacial score (nSPS) is 17.5. The third-order valence-electron chi connectivity index (χ3n) is 6.54. The molecule has 0 bridgehead atoms. The maximum Gasteiger partial charge on any atom is 0.274 e. The number of aryl methyl sites for hydroxylation is 2. The number of nitro groups is 1. The topological polar surface area (TPSA) is 110 Å². The molecule has 1 saturated heterocycles. The number of carbonyl (C=O) groups excluding carboxylic acids is 1. The number of piperidine rings is 1. The molecule has 0 unspecified atom stereocenters. The number of nitrogens with zero attached hydrogens (tertiary/aromatic N) is 2. The van der Waals surface area contributed by atoms with Crippen molar-refractivity contribution in [1.82, 2.24) is 4.31 Å². The van der Waals surface area contributed by atoms with Gasteiger partial charge in [-0.15, -0.1) is 0 Å². The summed E-state index contributed by atoms with van der Waals surface area (Å²) >= 11 is 0. The Morgan fingerprint density at radius 3 is 2.47 bits per heavy atom. The van der Waals surface area contributed by atoms with Crippen LogP contribution in [-0.2, 0) is 27.7 Å². The number of fused-ring (bicyclic) bond motifs is 1. The van der Waals surface area contributed by atoms with E-state index in [1.165, 1.54) is 22.0 Å². The van der Waals surface area contributed by atoms with Crippen LogP contribution in [0.2, 0.25) is 0 Å². The van der Waals surface area contributed by atoms with E-state index in [2.05, 4.69) is 5.32 Å². The van der Waals surface area contributed by atoms with E-state index in [-0.39, 0.29) is 30.6 Å². The Bertz CT molecular complexity index is 1150. The maximum atomic E-state index is 13.1. The standard InChI is InChI=1S/C23H27N3O5S/c1-16-21(7-4-8-22(16)26(28)29)24-23(27)18-11-13-25(14-12-18)32(30,31)20-10-9-17-5-2-3-6-19(17)15-20/h4,7-10,15,18H,2-3,5-6,11-14H2,1H3,(H,24,27). The van der Waals surface area contributed by atoms with Crippen molar-refractivity contribution in [2.45, 2.75) is 50.3 Å². The van der Waals surface area contributed by atoms with Crippen LogP contribution in [0.1, 0.15) is 42.4 Å². The molecule has 1 N–H and O–H groups in total. The maximum absolute atomic E-state index is 13.1. The first-order valence-corrected chi connectivity index (χ1v) is 12.4. The predicted molar refractivity (Wildman–Crippen MR) is 121 cm³/mol. The van der Waals surface area contributed by atoms with Crippen molar-refractivity contribution < 1.29 is 18.1 Å². The average Bonchev–Trinajstić information content (AvgIpc) is 2.80. The number of sulfonamides is 1. The molecule has 9 heteroatoms. The van der Waals surface area contributed by atoms with E-state index in [4.69, 9.17) is 0 Å².